The molecule has 1 aromatic heterocycles. The molecular formula is C13H18ClNO. The van der Waals surface area contributed by atoms with Crippen LogP contribution in [0.2, 0.25) is 0 Å². The molecule has 0 amide bonds. The van der Waals surface area contributed by atoms with E-state index in [9.17, 15) is 0 Å². The summed E-state index contributed by atoms with van der Waals surface area (Å²) >= 11 is 5.81. The van der Waals surface area contributed by atoms with Gasteiger partial charge in [0.15, 0.2) is 0 Å². The van der Waals surface area contributed by atoms with Gasteiger partial charge < -0.3 is 4.74 Å². The maximum Gasteiger partial charge on any atom is 0.213 e. The molecule has 1 aliphatic carbocycles. The molecular weight excluding hydrogens is 222 g/mol. The van der Waals surface area contributed by atoms with E-state index in [0.717, 1.165) is 29.7 Å². The molecule has 0 bridgehead atoms. The average Bonchev–Trinajstić information content (AvgIpc) is 2.78. The minimum Gasteiger partial charge on any atom is -0.477 e. The molecule has 0 saturated heterocycles. The van der Waals surface area contributed by atoms with Crippen molar-refractivity contribution in [3.8, 4) is 5.88 Å². The van der Waals surface area contributed by atoms with Gasteiger partial charge in [-0.15, -0.1) is 11.6 Å². The maximum atomic E-state index is 5.81. The van der Waals surface area contributed by atoms with Crippen molar-refractivity contribution in [1.82, 2.24) is 4.98 Å². The molecule has 2 nitrogen and oxygen atoms in total. The number of aryl methyl sites for hydroxylation is 1. The Hall–Kier alpha value is -0.760. The Bertz CT molecular complexity index is 348. The standard InChI is InChI=1S/C13H18ClNO/c1-10-6-12(8-14)7-13(15-10)16-9-11-4-2-3-5-11/h6-7,11H,2-5,8-9H2,1H3. The van der Waals surface area contributed by atoms with E-state index in [4.69, 9.17) is 16.3 Å². The molecule has 3 heteroatoms. The van der Waals surface area contributed by atoms with Crippen LogP contribution in [0.1, 0.15) is 36.9 Å². The first-order valence-corrected chi connectivity index (χ1v) is 6.47. The minimum atomic E-state index is 0.517. The lowest BCUT2D eigenvalue weighted by Gasteiger charge is -2.11. The predicted molar refractivity (Wildman–Crippen MR) is 66.0 cm³/mol. The van der Waals surface area contributed by atoms with Gasteiger partial charge >= 0.3 is 0 Å². The zero-order valence-corrected chi connectivity index (χ0v) is 10.5. The van der Waals surface area contributed by atoms with Gasteiger partial charge in [0.1, 0.15) is 0 Å². The number of hydrogen-bond donors (Lipinski definition) is 0. The van der Waals surface area contributed by atoms with Gasteiger partial charge in [0.25, 0.3) is 0 Å². The third-order valence-electron chi connectivity index (χ3n) is 3.09. The average molecular weight is 240 g/mol. The van der Waals surface area contributed by atoms with Crippen molar-refractivity contribution in [2.75, 3.05) is 6.61 Å². The molecule has 0 spiro atoms. The van der Waals surface area contributed by atoms with Crippen molar-refractivity contribution in [2.24, 2.45) is 5.92 Å². The van der Waals surface area contributed by atoms with Crippen molar-refractivity contribution in [1.29, 1.82) is 0 Å². The number of ether oxygens (including phenoxy) is 1. The molecule has 2 rings (SSSR count). The van der Waals surface area contributed by atoms with Crippen LogP contribution in [0.3, 0.4) is 0 Å². The Balaban J connectivity index is 1.94. The second-order valence-corrected chi connectivity index (χ2v) is 4.82. The molecule has 1 heterocycles. The van der Waals surface area contributed by atoms with Crippen LogP contribution >= 0.6 is 11.6 Å². The number of pyridine rings is 1. The van der Waals surface area contributed by atoms with Crippen LogP contribution in [0.5, 0.6) is 5.88 Å². The fraction of sp³-hybridized carbons (Fsp3) is 0.615. The largest absolute Gasteiger partial charge is 0.477 e. The van der Waals surface area contributed by atoms with Gasteiger partial charge in [0.2, 0.25) is 5.88 Å². The van der Waals surface area contributed by atoms with E-state index in [1.807, 2.05) is 19.1 Å². The topological polar surface area (TPSA) is 22.1 Å². The first-order chi connectivity index (χ1) is 7.78. The molecule has 88 valence electrons. The molecule has 1 aliphatic rings. The van der Waals surface area contributed by atoms with Crippen LogP contribution in [0, 0.1) is 12.8 Å². The van der Waals surface area contributed by atoms with Crippen LogP contribution in [-0.2, 0) is 5.88 Å². The molecule has 0 N–H and O–H groups in total. The van der Waals surface area contributed by atoms with E-state index in [2.05, 4.69) is 4.98 Å². The second-order valence-electron chi connectivity index (χ2n) is 4.55. The number of nitrogens with zero attached hydrogens (tertiary/aromatic N) is 1. The number of rotatable bonds is 4. The fourth-order valence-electron chi connectivity index (χ4n) is 2.24. The van der Waals surface area contributed by atoms with E-state index in [0.29, 0.717) is 5.88 Å². The highest BCUT2D eigenvalue weighted by Crippen LogP contribution is 2.25. The first kappa shape index (κ1) is 11.7. The normalized spacial score (nSPS) is 16.6. The Morgan fingerprint density at radius 1 is 1.38 bits per heavy atom. The molecule has 1 aromatic rings. The minimum absolute atomic E-state index is 0.517. The molecule has 0 atom stereocenters. The predicted octanol–water partition coefficient (Wildman–Crippen LogP) is 3.70. The summed E-state index contributed by atoms with van der Waals surface area (Å²) in [6.07, 6.45) is 5.30. The van der Waals surface area contributed by atoms with Gasteiger partial charge in [-0.1, -0.05) is 12.8 Å². The van der Waals surface area contributed by atoms with Crippen LogP contribution < -0.4 is 4.74 Å². The monoisotopic (exact) mass is 239 g/mol. The summed E-state index contributed by atoms with van der Waals surface area (Å²) in [6.45, 7) is 2.77. The molecule has 16 heavy (non-hydrogen) atoms. The van der Waals surface area contributed by atoms with Crippen LogP contribution in [0.25, 0.3) is 0 Å². The summed E-state index contributed by atoms with van der Waals surface area (Å²) in [5.41, 5.74) is 2.05. The van der Waals surface area contributed by atoms with Crippen molar-refractivity contribution >= 4 is 11.6 Å². The van der Waals surface area contributed by atoms with Gasteiger partial charge in [-0.25, -0.2) is 4.98 Å². The summed E-state index contributed by atoms with van der Waals surface area (Å²) in [5.74, 6) is 1.97. The quantitative estimate of drug-likeness (QED) is 0.748. The van der Waals surface area contributed by atoms with E-state index in [1.54, 1.807) is 0 Å². The summed E-state index contributed by atoms with van der Waals surface area (Å²) in [6, 6.07) is 3.93. The number of halogens is 1. The van der Waals surface area contributed by atoms with E-state index < -0.39 is 0 Å². The highest BCUT2D eigenvalue weighted by molar-refractivity contribution is 6.17. The molecule has 1 saturated carbocycles. The van der Waals surface area contributed by atoms with Crippen LogP contribution in [0.4, 0.5) is 0 Å². The van der Waals surface area contributed by atoms with Crippen LogP contribution in [-0.4, -0.2) is 11.6 Å². The summed E-state index contributed by atoms with van der Waals surface area (Å²) < 4.78 is 5.74. The lowest BCUT2D eigenvalue weighted by molar-refractivity contribution is 0.243. The Morgan fingerprint density at radius 3 is 2.81 bits per heavy atom. The van der Waals surface area contributed by atoms with Gasteiger partial charge in [-0.05, 0) is 37.3 Å². The number of aromatic nitrogens is 1. The van der Waals surface area contributed by atoms with Crippen molar-refractivity contribution in [3.05, 3.63) is 23.4 Å². The number of hydrogen-bond acceptors (Lipinski definition) is 2. The zero-order valence-electron chi connectivity index (χ0n) is 9.71. The molecule has 0 aliphatic heterocycles. The van der Waals surface area contributed by atoms with Crippen molar-refractivity contribution < 1.29 is 4.74 Å². The second kappa shape index (κ2) is 5.53. The fourth-order valence-corrected chi connectivity index (χ4v) is 2.39. The van der Waals surface area contributed by atoms with Crippen molar-refractivity contribution in [2.45, 2.75) is 38.5 Å². The van der Waals surface area contributed by atoms with Gasteiger partial charge in [-0.3, -0.25) is 0 Å². The third-order valence-corrected chi connectivity index (χ3v) is 3.39. The van der Waals surface area contributed by atoms with E-state index in [1.165, 1.54) is 25.7 Å². The van der Waals surface area contributed by atoms with E-state index in [-0.39, 0.29) is 0 Å². The van der Waals surface area contributed by atoms with Gasteiger partial charge in [0.05, 0.1) is 6.61 Å². The third kappa shape index (κ3) is 3.11. The SMILES string of the molecule is Cc1cc(CCl)cc(OCC2CCCC2)n1. The lowest BCUT2D eigenvalue weighted by atomic mass is 10.1. The zero-order chi connectivity index (χ0) is 11.4. The number of alkyl halides is 1. The smallest absolute Gasteiger partial charge is 0.213 e. The molecule has 0 aromatic carbocycles. The van der Waals surface area contributed by atoms with E-state index >= 15 is 0 Å². The maximum absolute atomic E-state index is 5.81. The first-order valence-electron chi connectivity index (χ1n) is 5.94. The van der Waals surface area contributed by atoms with Gasteiger partial charge in [-0.2, -0.15) is 0 Å². The Morgan fingerprint density at radius 2 is 2.12 bits per heavy atom. The van der Waals surface area contributed by atoms with Crippen molar-refractivity contribution in [3.63, 3.8) is 0 Å². The molecule has 0 unspecified atom stereocenters. The Kier molecular flexibility index (Phi) is 4.05. The highest BCUT2D eigenvalue weighted by atomic mass is 35.5. The van der Waals surface area contributed by atoms with Gasteiger partial charge in [0, 0.05) is 17.6 Å². The Labute approximate surface area is 102 Å². The summed E-state index contributed by atoms with van der Waals surface area (Å²) in [7, 11) is 0. The lowest BCUT2D eigenvalue weighted by Crippen LogP contribution is -2.09. The molecule has 0 radical (unpaired) electrons. The highest BCUT2D eigenvalue weighted by Gasteiger charge is 2.15. The summed E-state index contributed by atoms with van der Waals surface area (Å²) in [5, 5.41) is 0. The molecule has 1 fully saturated rings. The van der Waals surface area contributed by atoms with Crippen LogP contribution in [0.15, 0.2) is 12.1 Å². The summed E-state index contributed by atoms with van der Waals surface area (Å²) in [4.78, 5) is 4.36.